The van der Waals surface area contributed by atoms with E-state index in [1.807, 2.05) is 30.5 Å². The van der Waals surface area contributed by atoms with E-state index in [0.717, 1.165) is 37.6 Å². The number of hydrogen-bond acceptors (Lipinski definition) is 4. The number of methoxy groups -OCH3 is 2. The minimum Gasteiger partial charge on any atom is -0.497 e. The summed E-state index contributed by atoms with van der Waals surface area (Å²) in [6.45, 7) is 2.97. The van der Waals surface area contributed by atoms with Crippen LogP contribution in [-0.4, -0.2) is 37.2 Å². The Morgan fingerprint density at radius 2 is 2.09 bits per heavy atom. The molecule has 1 aliphatic rings. The molecule has 0 N–H and O–H groups in total. The van der Waals surface area contributed by atoms with Crippen molar-refractivity contribution >= 4 is 11.6 Å². The molecule has 23 heavy (non-hydrogen) atoms. The van der Waals surface area contributed by atoms with Gasteiger partial charge in [-0.2, -0.15) is 0 Å². The van der Waals surface area contributed by atoms with Crippen LogP contribution in [0.1, 0.15) is 23.5 Å². The summed E-state index contributed by atoms with van der Waals surface area (Å²) in [5.74, 6) is 2.27. The number of aromatic nitrogens is 1. The van der Waals surface area contributed by atoms with Gasteiger partial charge in [0.15, 0.2) is 0 Å². The SMILES string of the molecule is COc1ccc(OC)c(C2CCN(Cc3ccc(Cl)nc3)C2)c1. The Labute approximate surface area is 142 Å². The highest BCUT2D eigenvalue weighted by molar-refractivity contribution is 6.29. The van der Waals surface area contributed by atoms with Crippen molar-refractivity contribution in [2.45, 2.75) is 18.9 Å². The van der Waals surface area contributed by atoms with Gasteiger partial charge in [0, 0.05) is 30.8 Å². The van der Waals surface area contributed by atoms with E-state index in [9.17, 15) is 0 Å². The number of likely N-dealkylation sites (tertiary alicyclic amines) is 1. The molecule has 0 radical (unpaired) electrons. The third-order valence-corrected chi connectivity index (χ3v) is 4.57. The number of halogens is 1. The van der Waals surface area contributed by atoms with E-state index in [0.29, 0.717) is 11.1 Å². The summed E-state index contributed by atoms with van der Waals surface area (Å²) in [5, 5.41) is 0.536. The summed E-state index contributed by atoms with van der Waals surface area (Å²) in [6.07, 6.45) is 2.96. The fourth-order valence-electron chi connectivity index (χ4n) is 3.15. The van der Waals surface area contributed by atoms with Crippen LogP contribution in [0.4, 0.5) is 0 Å². The highest BCUT2D eigenvalue weighted by Gasteiger charge is 2.26. The normalized spacial score (nSPS) is 18.1. The summed E-state index contributed by atoms with van der Waals surface area (Å²) in [7, 11) is 3.41. The van der Waals surface area contributed by atoms with Crippen molar-refractivity contribution in [1.29, 1.82) is 0 Å². The molecule has 1 atom stereocenters. The average molecular weight is 333 g/mol. The van der Waals surface area contributed by atoms with Gasteiger partial charge in [-0.05, 0) is 42.8 Å². The quantitative estimate of drug-likeness (QED) is 0.781. The summed E-state index contributed by atoms with van der Waals surface area (Å²) in [6, 6.07) is 9.90. The third-order valence-electron chi connectivity index (χ3n) is 4.34. The average Bonchev–Trinajstić information content (AvgIpc) is 3.04. The van der Waals surface area contributed by atoms with Crippen LogP contribution in [-0.2, 0) is 6.54 Å². The first-order chi connectivity index (χ1) is 11.2. The molecular formula is C18H21ClN2O2. The van der Waals surface area contributed by atoms with Crippen LogP contribution >= 0.6 is 11.6 Å². The molecule has 3 rings (SSSR count). The third kappa shape index (κ3) is 3.77. The van der Waals surface area contributed by atoms with Gasteiger partial charge in [0.2, 0.25) is 0 Å². The van der Waals surface area contributed by atoms with Crippen molar-refractivity contribution in [3.05, 3.63) is 52.8 Å². The van der Waals surface area contributed by atoms with E-state index in [2.05, 4.69) is 16.0 Å². The maximum Gasteiger partial charge on any atom is 0.129 e. The second-order valence-corrected chi connectivity index (χ2v) is 6.21. The lowest BCUT2D eigenvalue weighted by molar-refractivity contribution is 0.325. The summed E-state index contributed by atoms with van der Waals surface area (Å²) in [5.41, 5.74) is 2.41. The van der Waals surface area contributed by atoms with Gasteiger partial charge in [-0.3, -0.25) is 4.90 Å². The van der Waals surface area contributed by atoms with E-state index in [1.165, 1.54) is 11.1 Å². The Kier molecular flexibility index (Phi) is 5.03. The Hall–Kier alpha value is -1.78. The molecule has 0 bridgehead atoms. The van der Waals surface area contributed by atoms with Crippen molar-refractivity contribution in [3.8, 4) is 11.5 Å². The molecule has 1 aliphatic heterocycles. The van der Waals surface area contributed by atoms with Gasteiger partial charge in [-0.15, -0.1) is 0 Å². The van der Waals surface area contributed by atoms with E-state index in [-0.39, 0.29) is 0 Å². The number of ether oxygens (including phenoxy) is 2. The Morgan fingerprint density at radius 1 is 1.22 bits per heavy atom. The van der Waals surface area contributed by atoms with Gasteiger partial charge >= 0.3 is 0 Å². The molecule has 2 heterocycles. The molecule has 0 amide bonds. The highest BCUT2D eigenvalue weighted by atomic mass is 35.5. The molecule has 0 spiro atoms. The Morgan fingerprint density at radius 3 is 2.78 bits per heavy atom. The maximum atomic E-state index is 5.84. The van der Waals surface area contributed by atoms with Crippen molar-refractivity contribution in [1.82, 2.24) is 9.88 Å². The zero-order valence-corrected chi connectivity index (χ0v) is 14.2. The standard InChI is InChI=1S/C18H21ClN2O2/c1-22-15-4-5-17(23-2)16(9-15)14-7-8-21(12-14)11-13-3-6-18(19)20-10-13/h3-6,9-10,14H,7-8,11-12H2,1-2H3. The number of rotatable bonds is 5. The lowest BCUT2D eigenvalue weighted by Crippen LogP contribution is -2.20. The van der Waals surface area contributed by atoms with Gasteiger partial charge in [0.1, 0.15) is 16.7 Å². The van der Waals surface area contributed by atoms with Gasteiger partial charge in [-0.25, -0.2) is 4.98 Å². The predicted octanol–water partition coefficient (Wildman–Crippen LogP) is 3.74. The van der Waals surface area contributed by atoms with Crippen LogP contribution in [0.2, 0.25) is 5.15 Å². The monoisotopic (exact) mass is 332 g/mol. The molecule has 4 nitrogen and oxygen atoms in total. The molecule has 1 fully saturated rings. The minimum atomic E-state index is 0.459. The first-order valence-corrected chi connectivity index (χ1v) is 8.12. The molecular weight excluding hydrogens is 312 g/mol. The lowest BCUT2D eigenvalue weighted by atomic mass is 9.97. The molecule has 1 aromatic heterocycles. The fraction of sp³-hybridized carbons (Fsp3) is 0.389. The van der Waals surface area contributed by atoms with Gasteiger partial charge in [0.05, 0.1) is 14.2 Å². The van der Waals surface area contributed by atoms with E-state index in [4.69, 9.17) is 21.1 Å². The number of hydrogen-bond donors (Lipinski definition) is 0. The first kappa shape index (κ1) is 16.1. The molecule has 0 saturated carbocycles. The number of nitrogens with zero attached hydrogens (tertiary/aromatic N) is 2. The van der Waals surface area contributed by atoms with Crippen LogP contribution in [0.5, 0.6) is 11.5 Å². The molecule has 0 aliphatic carbocycles. The largest absolute Gasteiger partial charge is 0.497 e. The zero-order chi connectivity index (χ0) is 16.2. The summed E-state index contributed by atoms with van der Waals surface area (Å²) < 4.78 is 10.9. The number of benzene rings is 1. The maximum absolute atomic E-state index is 5.84. The lowest BCUT2D eigenvalue weighted by Gasteiger charge is -2.18. The Balaban J connectivity index is 1.70. The van der Waals surface area contributed by atoms with Gasteiger partial charge in [-0.1, -0.05) is 17.7 Å². The van der Waals surface area contributed by atoms with Gasteiger partial charge in [0.25, 0.3) is 0 Å². The summed E-state index contributed by atoms with van der Waals surface area (Å²) >= 11 is 5.84. The van der Waals surface area contributed by atoms with E-state index in [1.54, 1.807) is 14.2 Å². The predicted molar refractivity (Wildman–Crippen MR) is 91.4 cm³/mol. The molecule has 1 aromatic carbocycles. The Bertz CT molecular complexity index is 661. The fourth-order valence-corrected chi connectivity index (χ4v) is 3.26. The van der Waals surface area contributed by atoms with E-state index < -0.39 is 0 Å². The van der Waals surface area contributed by atoms with Crippen molar-refractivity contribution in [3.63, 3.8) is 0 Å². The first-order valence-electron chi connectivity index (χ1n) is 7.74. The minimum absolute atomic E-state index is 0.459. The van der Waals surface area contributed by atoms with Crippen LogP contribution in [0.25, 0.3) is 0 Å². The van der Waals surface area contributed by atoms with Gasteiger partial charge < -0.3 is 9.47 Å². The molecule has 122 valence electrons. The molecule has 1 unspecified atom stereocenters. The smallest absolute Gasteiger partial charge is 0.129 e. The molecule has 1 saturated heterocycles. The number of pyridine rings is 1. The molecule has 5 heteroatoms. The van der Waals surface area contributed by atoms with Crippen molar-refractivity contribution < 1.29 is 9.47 Å². The zero-order valence-electron chi connectivity index (χ0n) is 13.5. The summed E-state index contributed by atoms with van der Waals surface area (Å²) in [4.78, 5) is 6.59. The van der Waals surface area contributed by atoms with Crippen molar-refractivity contribution in [2.24, 2.45) is 0 Å². The topological polar surface area (TPSA) is 34.6 Å². The highest BCUT2D eigenvalue weighted by Crippen LogP contribution is 2.36. The van der Waals surface area contributed by atoms with Crippen LogP contribution < -0.4 is 9.47 Å². The van der Waals surface area contributed by atoms with Crippen molar-refractivity contribution in [2.75, 3.05) is 27.3 Å². The van der Waals surface area contributed by atoms with E-state index >= 15 is 0 Å². The second-order valence-electron chi connectivity index (χ2n) is 5.82. The van der Waals surface area contributed by atoms with Crippen LogP contribution in [0.3, 0.4) is 0 Å². The van der Waals surface area contributed by atoms with Crippen LogP contribution in [0, 0.1) is 0 Å². The second kappa shape index (κ2) is 7.20. The van der Waals surface area contributed by atoms with Crippen LogP contribution in [0.15, 0.2) is 36.5 Å². The molecule has 2 aromatic rings.